The molecule has 2 aromatic heterocycles. The molecule has 0 aliphatic carbocycles. The van der Waals surface area contributed by atoms with Crippen LogP contribution in [0.3, 0.4) is 0 Å². The quantitative estimate of drug-likeness (QED) is 0.729. The number of alkyl halides is 3. The molecule has 2 aliphatic heterocycles. The highest BCUT2D eigenvalue weighted by atomic mass is 32.1. The molecule has 4 heterocycles. The van der Waals surface area contributed by atoms with Gasteiger partial charge in [0.05, 0.1) is 23.4 Å². The lowest BCUT2D eigenvalue weighted by Gasteiger charge is -2.23. The number of aryl methyl sites for hydroxylation is 1. The van der Waals surface area contributed by atoms with Crippen molar-refractivity contribution in [2.75, 3.05) is 19.6 Å². The normalized spacial score (nSPS) is 20.4. The summed E-state index contributed by atoms with van der Waals surface area (Å²) >= 11 is 1.60. The van der Waals surface area contributed by atoms with Crippen molar-refractivity contribution in [1.82, 2.24) is 24.8 Å². The highest BCUT2D eigenvalue weighted by Gasteiger charge is 2.48. The van der Waals surface area contributed by atoms with Crippen molar-refractivity contribution in [3.05, 3.63) is 40.4 Å². The Hall–Kier alpha value is -3.09. The summed E-state index contributed by atoms with van der Waals surface area (Å²) in [6, 6.07) is 0. The van der Waals surface area contributed by atoms with Gasteiger partial charge in [-0.2, -0.15) is 13.2 Å². The van der Waals surface area contributed by atoms with E-state index in [9.17, 15) is 22.8 Å². The topological polar surface area (TPSA) is 117 Å². The van der Waals surface area contributed by atoms with E-state index in [4.69, 9.17) is 9.90 Å². The summed E-state index contributed by atoms with van der Waals surface area (Å²) in [5.41, 5.74) is 1.16. The van der Waals surface area contributed by atoms with Crippen molar-refractivity contribution in [2.24, 2.45) is 5.41 Å². The number of aliphatic carboxylic acids is 1. The van der Waals surface area contributed by atoms with Gasteiger partial charge in [-0.05, 0) is 13.3 Å². The molecule has 0 bridgehead atoms. The van der Waals surface area contributed by atoms with E-state index in [0.29, 0.717) is 38.3 Å². The molecule has 1 atom stereocenters. The van der Waals surface area contributed by atoms with Crippen LogP contribution in [-0.4, -0.2) is 73.5 Å². The number of carbonyl (C=O) groups excluding carboxylic acids is 2. The van der Waals surface area contributed by atoms with Gasteiger partial charge in [-0.15, -0.1) is 11.3 Å². The molecule has 2 saturated heterocycles. The molecule has 1 N–H and O–H groups in total. The van der Waals surface area contributed by atoms with Crippen LogP contribution in [0.25, 0.3) is 0 Å². The van der Waals surface area contributed by atoms with Crippen LogP contribution in [0.2, 0.25) is 0 Å². The molecule has 2 amide bonds. The van der Waals surface area contributed by atoms with E-state index in [1.807, 2.05) is 17.2 Å². The minimum atomic E-state index is -5.08. The van der Waals surface area contributed by atoms with Crippen LogP contribution < -0.4 is 0 Å². The van der Waals surface area contributed by atoms with Crippen molar-refractivity contribution in [1.29, 1.82) is 0 Å². The monoisotopic (exact) mass is 471 g/mol. The Labute approximate surface area is 184 Å². The van der Waals surface area contributed by atoms with Gasteiger partial charge in [0.25, 0.3) is 5.91 Å². The van der Waals surface area contributed by atoms with Gasteiger partial charge in [-0.3, -0.25) is 14.6 Å². The maximum absolute atomic E-state index is 12.6. The molecule has 32 heavy (non-hydrogen) atoms. The average Bonchev–Trinajstić information content (AvgIpc) is 3.41. The number of carbonyl (C=O) groups is 3. The van der Waals surface area contributed by atoms with E-state index in [1.165, 1.54) is 12.4 Å². The highest BCUT2D eigenvalue weighted by molar-refractivity contribution is 7.09. The fourth-order valence-electron chi connectivity index (χ4n) is 3.76. The lowest BCUT2D eigenvalue weighted by Crippen LogP contribution is -2.34. The number of hydrogen-bond acceptors (Lipinski definition) is 7. The number of nitrogens with zero attached hydrogens (tertiary/aromatic N) is 5. The number of hydrogen-bond donors (Lipinski definition) is 1. The predicted octanol–water partition coefficient (Wildman–Crippen LogP) is 2.14. The van der Waals surface area contributed by atoms with Gasteiger partial charge in [0.1, 0.15) is 5.69 Å². The van der Waals surface area contributed by atoms with Crippen LogP contribution in [0.1, 0.15) is 34.0 Å². The third-order valence-electron chi connectivity index (χ3n) is 5.17. The Morgan fingerprint density at radius 1 is 1.28 bits per heavy atom. The molecular formula is C19H20F3N5O4S. The molecule has 1 spiro atoms. The first-order valence-corrected chi connectivity index (χ1v) is 10.4. The van der Waals surface area contributed by atoms with Crippen LogP contribution in [0, 0.1) is 12.3 Å². The van der Waals surface area contributed by atoms with E-state index in [2.05, 4.69) is 15.0 Å². The second-order valence-corrected chi connectivity index (χ2v) is 8.72. The molecule has 4 rings (SSSR count). The molecule has 0 aromatic carbocycles. The van der Waals surface area contributed by atoms with Crippen molar-refractivity contribution in [3.63, 3.8) is 0 Å². The molecule has 2 aliphatic rings. The molecule has 172 valence electrons. The molecule has 0 saturated carbocycles. The molecule has 9 nitrogen and oxygen atoms in total. The second-order valence-electron chi connectivity index (χ2n) is 7.65. The Morgan fingerprint density at radius 2 is 2.00 bits per heavy atom. The van der Waals surface area contributed by atoms with Crippen molar-refractivity contribution in [2.45, 2.75) is 32.5 Å². The van der Waals surface area contributed by atoms with Crippen LogP contribution in [0.15, 0.2) is 24.0 Å². The minimum Gasteiger partial charge on any atom is -0.475 e. The summed E-state index contributed by atoms with van der Waals surface area (Å²) in [5, 5.41) is 10.1. The number of thiazole rings is 1. The molecular weight excluding hydrogens is 451 g/mol. The van der Waals surface area contributed by atoms with E-state index < -0.39 is 12.1 Å². The van der Waals surface area contributed by atoms with E-state index in [0.717, 1.165) is 17.1 Å². The first kappa shape index (κ1) is 23.6. The van der Waals surface area contributed by atoms with Crippen molar-refractivity contribution < 1.29 is 32.7 Å². The fourth-order valence-corrected chi connectivity index (χ4v) is 4.36. The summed E-state index contributed by atoms with van der Waals surface area (Å²) in [5.74, 6) is -2.71. The molecule has 2 fully saturated rings. The first-order chi connectivity index (χ1) is 15.0. The summed E-state index contributed by atoms with van der Waals surface area (Å²) < 4.78 is 31.7. The number of carboxylic acids is 1. The third kappa shape index (κ3) is 5.58. The number of halogens is 3. The number of rotatable bonds is 3. The van der Waals surface area contributed by atoms with E-state index in [1.54, 1.807) is 22.4 Å². The van der Waals surface area contributed by atoms with Gasteiger partial charge in [0.2, 0.25) is 5.91 Å². The zero-order valence-electron chi connectivity index (χ0n) is 17.0. The van der Waals surface area contributed by atoms with Crippen LogP contribution in [0.4, 0.5) is 13.2 Å². The largest absolute Gasteiger partial charge is 0.490 e. The SMILES string of the molecule is Cc1nc(CN2CC3(CCN(C(=O)c4cnccn4)C3)CC2=O)cs1.O=C(O)C(F)(F)F. The second kappa shape index (κ2) is 9.18. The third-order valence-corrected chi connectivity index (χ3v) is 6.00. The highest BCUT2D eigenvalue weighted by Crippen LogP contribution is 2.41. The van der Waals surface area contributed by atoms with Gasteiger partial charge in [0.15, 0.2) is 0 Å². The minimum absolute atomic E-state index is 0.106. The summed E-state index contributed by atoms with van der Waals surface area (Å²) in [6.07, 6.45) is 0.827. The number of carboxylic acid groups (broad SMARTS) is 1. The van der Waals surface area contributed by atoms with E-state index >= 15 is 0 Å². The van der Waals surface area contributed by atoms with Crippen molar-refractivity contribution >= 4 is 29.1 Å². The smallest absolute Gasteiger partial charge is 0.475 e. The Kier molecular flexibility index (Phi) is 6.77. The molecule has 13 heteroatoms. The maximum Gasteiger partial charge on any atom is 0.490 e. The molecule has 2 aromatic rings. The van der Waals surface area contributed by atoms with Crippen molar-refractivity contribution in [3.8, 4) is 0 Å². The zero-order valence-corrected chi connectivity index (χ0v) is 17.8. The fraction of sp³-hybridized carbons (Fsp3) is 0.474. The lowest BCUT2D eigenvalue weighted by molar-refractivity contribution is -0.192. The zero-order chi connectivity index (χ0) is 23.5. The van der Waals surface area contributed by atoms with Gasteiger partial charge in [0, 0.05) is 49.2 Å². The predicted molar refractivity (Wildman–Crippen MR) is 106 cm³/mol. The molecule has 1 unspecified atom stereocenters. The summed E-state index contributed by atoms with van der Waals surface area (Å²) in [7, 11) is 0. The van der Waals surface area contributed by atoms with Crippen LogP contribution in [-0.2, 0) is 16.1 Å². The van der Waals surface area contributed by atoms with Gasteiger partial charge in [-0.1, -0.05) is 0 Å². The maximum atomic E-state index is 12.6. The average molecular weight is 471 g/mol. The van der Waals surface area contributed by atoms with Gasteiger partial charge in [-0.25, -0.2) is 14.8 Å². The Morgan fingerprint density at radius 3 is 2.56 bits per heavy atom. The van der Waals surface area contributed by atoms with Gasteiger partial charge < -0.3 is 14.9 Å². The summed E-state index contributed by atoms with van der Waals surface area (Å²) in [6.45, 7) is 4.47. The Balaban J connectivity index is 0.000000360. The standard InChI is InChI=1S/C17H19N5O2S.C2HF3O2/c1-12-20-13(9-25-12)8-22-11-17(6-15(22)23)2-5-21(10-17)16(24)14-7-18-3-4-19-14;3-2(4,5)1(6)7/h3-4,7,9H,2,5-6,8,10-11H2,1H3;(H,6,7). The molecule has 0 radical (unpaired) electrons. The Bertz CT molecular complexity index is 1000. The van der Waals surface area contributed by atoms with Crippen LogP contribution in [0.5, 0.6) is 0 Å². The van der Waals surface area contributed by atoms with Crippen LogP contribution >= 0.6 is 11.3 Å². The van der Waals surface area contributed by atoms with Gasteiger partial charge >= 0.3 is 12.1 Å². The first-order valence-electron chi connectivity index (χ1n) is 9.53. The number of aromatic nitrogens is 3. The number of amides is 2. The van der Waals surface area contributed by atoms with E-state index in [-0.39, 0.29) is 17.2 Å². The summed E-state index contributed by atoms with van der Waals surface area (Å²) in [4.78, 5) is 50.1. The lowest BCUT2D eigenvalue weighted by atomic mass is 9.86. The number of likely N-dealkylation sites (tertiary alicyclic amines) is 2.